The molecule has 1 atom stereocenters. The van der Waals surface area contributed by atoms with Crippen LogP contribution >= 0.6 is 0 Å². The zero-order valence-corrected chi connectivity index (χ0v) is 11.5. The molecule has 1 heterocycles. The van der Waals surface area contributed by atoms with E-state index < -0.39 is 12.1 Å². The molecule has 6 heteroatoms. The number of carbonyl (C=O) groups is 2. The number of carbonyl (C=O) groups excluding carboxylic acids is 1. The molecule has 0 spiro atoms. The van der Waals surface area contributed by atoms with E-state index in [0.717, 1.165) is 12.8 Å². The molecule has 1 saturated heterocycles. The number of carboxylic acids is 1. The average molecular weight is 280 g/mol. The van der Waals surface area contributed by atoms with Crippen molar-refractivity contribution in [2.75, 3.05) is 32.8 Å². The number of aliphatic carboxylic acids is 1. The van der Waals surface area contributed by atoms with Crippen LogP contribution in [-0.2, 0) is 9.53 Å². The Labute approximate surface area is 118 Å². The van der Waals surface area contributed by atoms with Crippen LogP contribution in [0.4, 0.5) is 4.79 Å². The first-order valence-electron chi connectivity index (χ1n) is 6.91. The predicted molar refractivity (Wildman–Crippen MR) is 72.1 cm³/mol. The quantitative estimate of drug-likeness (QED) is 0.750. The van der Waals surface area contributed by atoms with Gasteiger partial charge in [-0.25, -0.2) is 4.79 Å². The summed E-state index contributed by atoms with van der Waals surface area (Å²) in [5.74, 6) is 2.18. The standard InChI is InChI=1S/C14H20N2O4/c1-2-5-15(9-11-3-4-11)14(19)16-6-7-20-12(10-16)8-13(17)18/h1,11-12H,3-10H2,(H,17,18). The van der Waals surface area contributed by atoms with Gasteiger partial charge in [-0.2, -0.15) is 0 Å². The fourth-order valence-electron chi connectivity index (χ4n) is 2.34. The molecule has 2 rings (SSSR count). The number of morpholine rings is 1. The molecule has 1 aliphatic heterocycles. The Morgan fingerprint density at radius 2 is 2.20 bits per heavy atom. The van der Waals surface area contributed by atoms with Crippen LogP contribution in [0.3, 0.4) is 0 Å². The summed E-state index contributed by atoms with van der Waals surface area (Å²) in [4.78, 5) is 26.5. The minimum atomic E-state index is -0.914. The second-order valence-electron chi connectivity index (χ2n) is 5.35. The number of hydrogen-bond acceptors (Lipinski definition) is 3. The number of terminal acetylenes is 1. The molecule has 1 N–H and O–H groups in total. The highest BCUT2D eigenvalue weighted by Gasteiger charge is 2.31. The second kappa shape index (κ2) is 6.62. The maximum absolute atomic E-state index is 12.4. The van der Waals surface area contributed by atoms with Crippen molar-refractivity contribution >= 4 is 12.0 Å². The van der Waals surface area contributed by atoms with Crippen LogP contribution in [0.15, 0.2) is 0 Å². The van der Waals surface area contributed by atoms with Crippen LogP contribution in [0.1, 0.15) is 19.3 Å². The van der Waals surface area contributed by atoms with Gasteiger partial charge in [-0.15, -0.1) is 6.42 Å². The Morgan fingerprint density at radius 3 is 2.80 bits per heavy atom. The van der Waals surface area contributed by atoms with E-state index in [2.05, 4.69) is 5.92 Å². The smallest absolute Gasteiger partial charge is 0.320 e. The molecule has 1 saturated carbocycles. The summed E-state index contributed by atoms with van der Waals surface area (Å²) in [5.41, 5.74) is 0. The predicted octanol–water partition coefficient (Wildman–Crippen LogP) is 0.627. The van der Waals surface area contributed by atoms with Crippen LogP contribution < -0.4 is 0 Å². The first-order valence-corrected chi connectivity index (χ1v) is 6.91. The number of carboxylic acid groups (broad SMARTS) is 1. The second-order valence-corrected chi connectivity index (χ2v) is 5.35. The van der Waals surface area contributed by atoms with Crippen molar-refractivity contribution in [3.8, 4) is 12.3 Å². The van der Waals surface area contributed by atoms with Crippen LogP contribution in [-0.4, -0.2) is 65.8 Å². The lowest BCUT2D eigenvalue weighted by atomic mass is 10.2. The average Bonchev–Trinajstić information content (AvgIpc) is 3.21. The SMILES string of the molecule is C#CCN(CC1CC1)C(=O)N1CCOC(CC(=O)O)C1. The number of urea groups is 1. The van der Waals surface area contributed by atoms with Gasteiger partial charge in [0.15, 0.2) is 0 Å². The van der Waals surface area contributed by atoms with Gasteiger partial charge in [0.05, 0.1) is 25.7 Å². The van der Waals surface area contributed by atoms with Gasteiger partial charge in [0.25, 0.3) is 0 Å². The van der Waals surface area contributed by atoms with Gasteiger partial charge in [0.1, 0.15) is 0 Å². The molecule has 1 unspecified atom stereocenters. The molecule has 0 bridgehead atoms. The summed E-state index contributed by atoms with van der Waals surface area (Å²) in [6, 6.07) is -0.103. The maximum Gasteiger partial charge on any atom is 0.320 e. The molecule has 110 valence electrons. The highest BCUT2D eigenvalue weighted by Crippen LogP contribution is 2.30. The van der Waals surface area contributed by atoms with Gasteiger partial charge in [-0.05, 0) is 18.8 Å². The maximum atomic E-state index is 12.4. The summed E-state index contributed by atoms with van der Waals surface area (Å²) in [6.07, 6.45) is 7.11. The van der Waals surface area contributed by atoms with Crippen LogP contribution in [0, 0.1) is 18.3 Å². The molecule has 2 aliphatic rings. The summed E-state index contributed by atoms with van der Waals surface area (Å²) < 4.78 is 5.37. The topological polar surface area (TPSA) is 70.1 Å². The van der Waals surface area contributed by atoms with Crippen molar-refractivity contribution in [2.45, 2.75) is 25.4 Å². The van der Waals surface area contributed by atoms with Gasteiger partial charge in [-0.1, -0.05) is 5.92 Å². The molecule has 0 radical (unpaired) electrons. The number of hydrogen-bond donors (Lipinski definition) is 1. The molecule has 20 heavy (non-hydrogen) atoms. The van der Waals surface area contributed by atoms with Gasteiger partial charge >= 0.3 is 12.0 Å². The number of amides is 2. The first kappa shape index (κ1) is 14.7. The van der Waals surface area contributed by atoms with Crippen LogP contribution in [0.5, 0.6) is 0 Å². The largest absolute Gasteiger partial charge is 0.481 e. The number of ether oxygens (including phenoxy) is 1. The number of rotatable bonds is 5. The van der Waals surface area contributed by atoms with Gasteiger partial charge < -0.3 is 19.6 Å². The molecule has 2 amide bonds. The summed E-state index contributed by atoms with van der Waals surface area (Å²) in [6.45, 7) is 2.18. The molecule has 6 nitrogen and oxygen atoms in total. The van der Waals surface area contributed by atoms with Gasteiger partial charge in [0.2, 0.25) is 0 Å². The van der Waals surface area contributed by atoms with Crippen molar-refractivity contribution in [3.63, 3.8) is 0 Å². The number of nitrogens with zero attached hydrogens (tertiary/aromatic N) is 2. The third-order valence-corrected chi connectivity index (χ3v) is 3.54. The van der Waals surface area contributed by atoms with Gasteiger partial charge in [0, 0.05) is 19.6 Å². The Kier molecular flexibility index (Phi) is 4.85. The van der Waals surface area contributed by atoms with E-state index in [1.54, 1.807) is 9.80 Å². The monoisotopic (exact) mass is 280 g/mol. The van der Waals surface area contributed by atoms with Crippen LogP contribution in [0.2, 0.25) is 0 Å². The fraction of sp³-hybridized carbons (Fsp3) is 0.714. The zero-order valence-electron chi connectivity index (χ0n) is 11.5. The molecular formula is C14H20N2O4. The molecule has 1 aliphatic carbocycles. The normalized spacial score (nSPS) is 22.1. The third kappa shape index (κ3) is 4.14. The van der Waals surface area contributed by atoms with Crippen molar-refractivity contribution in [3.05, 3.63) is 0 Å². The van der Waals surface area contributed by atoms with E-state index in [0.29, 0.717) is 38.7 Å². The Morgan fingerprint density at radius 1 is 1.45 bits per heavy atom. The third-order valence-electron chi connectivity index (χ3n) is 3.54. The first-order chi connectivity index (χ1) is 9.60. The highest BCUT2D eigenvalue weighted by molar-refractivity contribution is 5.75. The van der Waals surface area contributed by atoms with Crippen molar-refractivity contribution < 1.29 is 19.4 Å². The summed E-state index contributed by atoms with van der Waals surface area (Å²) in [5, 5.41) is 8.79. The van der Waals surface area contributed by atoms with Crippen molar-refractivity contribution in [1.82, 2.24) is 9.80 Å². The van der Waals surface area contributed by atoms with E-state index in [-0.39, 0.29) is 12.5 Å². The van der Waals surface area contributed by atoms with E-state index in [1.807, 2.05) is 0 Å². The summed E-state index contributed by atoms with van der Waals surface area (Å²) in [7, 11) is 0. The Balaban J connectivity index is 1.91. The lowest BCUT2D eigenvalue weighted by Crippen LogP contribution is -2.51. The minimum absolute atomic E-state index is 0.0818. The van der Waals surface area contributed by atoms with Crippen molar-refractivity contribution in [2.24, 2.45) is 5.92 Å². The summed E-state index contributed by atoms with van der Waals surface area (Å²) >= 11 is 0. The van der Waals surface area contributed by atoms with E-state index in [1.165, 1.54) is 0 Å². The lowest BCUT2D eigenvalue weighted by molar-refractivity contribution is -0.141. The Hall–Kier alpha value is -1.74. The zero-order chi connectivity index (χ0) is 14.5. The van der Waals surface area contributed by atoms with E-state index in [9.17, 15) is 9.59 Å². The highest BCUT2D eigenvalue weighted by atomic mass is 16.5. The molecule has 2 fully saturated rings. The fourth-order valence-corrected chi connectivity index (χ4v) is 2.34. The van der Waals surface area contributed by atoms with Crippen molar-refractivity contribution in [1.29, 1.82) is 0 Å². The lowest BCUT2D eigenvalue weighted by Gasteiger charge is -2.35. The van der Waals surface area contributed by atoms with E-state index >= 15 is 0 Å². The molecule has 0 aromatic heterocycles. The van der Waals surface area contributed by atoms with E-state index in [4.69, 9.17) is 16.3 Å². The molecule has 0 aromatic rings. The minimum Gasteiger partial charge on any atom is -0.481 e. The van der Waals surface area contributed by atoms with Gasteiger partial charge in [-0.3, -0.25) is 4.79 Å². The Bertz CT molecular complexity index is 414. The molecule has 0 aromatic carbocycles. The van der Waals surface area contributed by atoms with Crippen LogP contribution in [0.25, 0.3) is 0 Å². The molecular weight excluding hydrogens is 260 g/mol.